The minimum absolute atomic E-state index is 0.771. The van der Waals surface area contributed by atoms with Gasteiger partial charge in [0, 0.05) is 0 Å². The molecule has 0 radical (unpaired) electrons. The van der Waals surface area contributed by atoms with Gasteiger partial charge in [-0.2, -0.15) is 0 Å². The number of hydrogen-bond acceptors (Lipinski definition) is 0. The van der Waals surface area contributed by atoms with E-state index in [0.29, 0.717) is 0 Å². The Labute approximate surface area is 360 Å². The first-order valence-electron chi connectivity index (χ1n) is 26.7. The summed E-state index contributed by atoms with van der Waals surface area (Å²) >= 11 is 0. The van der Waals surface area contributed by atoms with Crippen molar-refractivity contribution in [2.45, 2.75) is 152 Å². The molecule has 0 heterocycles. The van der Waals surface area contributed by atoms with Crippen molar-refractivity contribution in [2.75, 3.05) is 0 Å². The molecule has 0 nitrogen and oxygen atoms in total. The summed E-state index contributed by atoms with van der Waals surface area (Å²) in [7, 11) is 0. The summed E-state index contributed by atoms with van der Waals surface area (Å²) in [6, 6.07) is 27.6. The third kappa shape index (κ3) is 5.09. The van der Waals surface area contributed by atoms with Gasteiger partial charge in [0.1, 0.15) is 0 Å². The first kappa shape index (κ1) is 34.8. The summed E-state index contributed by atoms with van der Waals surface area (Å²) in [4.78, 5) is 0. The molecule has 0 N–H and O–H groups in total. The van der Waals surface area contributed by atoms with Gasteiger partial charge in [0.25, 0.3) is 0 Å². The molecule has 4 aromatic carbocycles. The maximum atomic E-state index is 2.85. The molecule has 0 heteroatoms. The van der Waals surface area contributed by atoms with E-state index in [-0.39, 0.29) is 0 Å². The monoisotopic (exact) mass is 791 g/mol. The maximum absolute atomic E-state index is 2.85. The van der Waals surface area contributed by atoms with Crippen molar-refractivity contribution in [2.24, 2.45) is 94.7 Å². The van der Waals surface area contributed by atoms with E-state index in [0.717, 1.165) is 118 Å². The highest BCUT2D eigenvalue weighted by Crippen LogP contribution is 2.64. The normalized spacial score (nSPS) is 48.3. The quantitative estimate of drug-likeness (QED) is 0.189. The van der Waals surface area contributed by atoms with Gasteiger partial charge in [-0.15, -0.1) is 0 Å². The number of rotatable bonds is 5. The molecule has 0 aliphatic heterocycles. The zero-order valence-electron chi connectivity index (χ0n) is 36.5. The molecule has 16 saturated carbocycles. The van der Waals surface area contributed by atoms with Gasteiger partial charge >= 0.3 is 0 Å². The van der Waals surface area contributed by atoms with Crippen LogP contribution in [-0.4, -0.2) is 0 Å². The molecule has 16 aliphatic carbocycles. The highest BCUT2D eigenvalue weighted by molar-refractivity contribution is 6.06. The lowest BCUT2D eigenvalue weighted by Crippen LogP contribution is -2.44. The van der Waals surface area contributed by atoms with Gasteiger partial charge in [-0.1, -0.05) is 60.7 Å². The fraction of sp³-hybridized carbons (Fsp3) is 0.667. The molecule has 0 atom stereocenters. The van der Waals surface area contributed by atoms with E-state index in [9.17, 15) is 0 Å². The summed E-state index contributed by atoms with van der Waals surface area (Å²) in [6.45, 7) is 0. The molecule has 0 saturated heterocycles. The summed E-state index contributed by atoms with van der Waals surface area (Å²) in [5, 5.41) is 6.31. The van der Waals surface area contributed by atoms with Crippen LogP contribution in [0.2, 0.25) is 0 Å². The van der Waals surface area contributed by atoms with E-state index in [1.807, 2.05) is 0 Å². The lowest BCUT2D eigenvalue weighted by molar-refractivity contribution is -0.00294. The summed E-state index contributed by atoms with van der Waals surface area (Å²) in [5.41, 5.74) is 10.1. The predicted molar refractivity (Wildman–Crippen MR) is 246 cm³/mol. The van der Waals surface area contributed by atoms with E-state index >= 15 is 0 Å². The fourth-order valence-electron chi connectivity index (χ4n) is 21.9. The van der Waals surface area contributed by atoms with Crippen LogP contribution in [0, 0.1) is 94.7 Å². The summed E-state index contributed by atoms with van der Waals surface area (Å²) in [5.74, 6) is 18.8. The minimum atomic E-state index is 0.771. The highest BCUT2D eigenvalue weighted by Gasteiger charge is 2.52. The third-order valence-electron chi connectivity index (χ3n) is 22.7. The summed E-state index contributed by atoms with van der Waals surface area (Å²) < 4.78 is 0. The second-order valence-corrected chi connectivity index (χ2v) is 25.9. The Balaban J connectivity index is 0.886. The molecule has 0 aromatic heterocycles. The predicted octanol–water partition coefficient (Wildman–Crippen LogP) is 15.8. The van der Waals surface area contributed by atoms with Crippen LogP contribution in [0.25, 0.3) is 32.7 Å². The van der Waals surface area contributed by atoms with Crippen LogP contribution in [0.15, 0.2) is 60.7 Å². The first-order chi connectivity index (χ1) is 29.5. The second-order valence-electron chi connectivity index (χ2n) is 25.9. The van der Waals surface area contributed by atoms with Gasteiger partial charge in [0.05, 0.1) is 0 Å². The molecule has 0 amide bonds. The largest absolute Gasteiger partial charge is 0.0581 e. The number of benzene rings is 4. The zero-order valence-corrected chi connectivity index (χ0v) is 36.5. The SMILES string of the molecule is c1cc2c(-c3cc(C4C5CC6CC(C5)CC4C6)cc4cc(C5C6CC7CC(C6)CC5C7)ccc34)cc(C3C4CC5CC(C4)CC3C5)cc2cc1C1C2CC3CC(C2)CC1C3. The van der Waals surface area contributed by atoms with E-state index in [4.69, 9.17) is 0 Å². The molecule has 310 valence electrons. The van der Waals surface area contributed by atoms with Crippen molar-refractivity contribution in [3.8, 4) is 11.1 Å². The Bertz CT molecular complexity index is 2130. The first-order valence-corrected chi connectivity index (χ1v) is 26.7. The lowest BCUT2D eigenvalue weighted by atomic mass is 9.50. The fourth-order valence-corrected chi connectivity index (χ4v) is 21.9. The van der Waals surface area contributed by atoms with Crippen LogP contribution in [0.3, 0.4) is 0 Å². The van der Waals surface area contributed by atoms with Crippen molar-refractivity contribution in [3.63, 3.8) is 0 Å². The van der Waals surface area contributed by atoms with Crippen molar-refractivity contribution < 1.29 is 0 Å². The maximum Gasteiger partial charge on any atom is -0.00962 e. The van der Waals surface area contributed by atoms with Crippen LogP contribution in [0.1, 0.15) is 174 Å². The molecule has 0 spiro atoms. The van der Waals surface area contributed by atoms with Gasteiger partial charge in [-0.3, -0.25) is 0 Å². The molecular weight excluding hydrogens is 721 g/mol. The average molecular weight is 791 g/mol. The number of fused-ring (bicyclic) bond motifs is 2. The number of hydrogen-bond donors (Lipinski definition) is 0. The molecule has 20 rings (SSSR count). The van der Waals surface area contributed by atoms with Crippen LogP contribution in [0.5, 0.6) is 0 Å². The van der Waals surface area contributed by atoms with Gasteiger partial charge < -0.3 is 0 Å². The molecule has 60 heavy (non-hydrogen) atoms. The van der Waals surface area contributed by atoms with Gasteiger partial charge in [0.2, 0.25) is 0 Å². The Kier molecular flexibility index (Phi) is 7.29. The van der Waals surface area contributed by atoms with Crippen molar-refractivity contribution in [3.05, 3.63) is 82.9 Å². The highest BCUT2D eigenvalue weighted by atomic mass is 14.6. The molecule has 16 fully saturated rings. The topological polar surface area (TPSA) is 0 Å². The smallest absolute Gasteiger partial charge is 0.00962 e. The zero-order chi connectivity index (χ0) is 38.5. The van der Waals surface area contributed by atoms with Crippen LogP contribution in [-0.2, 0) is 0 Å². The van der Waals surface area contributed by atoms with E-state index in [1.165, 1.54) is 103 Å². The average Bonchev–Trinajstić information content (AvgIpc) is 3.21. The van der Waals surface area contributed by atoms with Gasteiger partial charge in [0.15, 0.2) is 0 Å². The Morgan fingerprint density at radius 3 is 0.733 bits per heavy atom. The second kappa shape index (κ2) is 12.6. The van der Waals surface area contributed by atoms with Crippen molar-refractivity contribution in [1.82, 2.24) is 0 Å². The lowest BCUT2D eigenvalue weighted by Gasteiger charge is -2.55. The molecule has 16 bridgehead atoms. The Morgan fingerprint density at radius 1 is 0.233 bits per heavy atom. The van der Waals surface area contributed by atoms with Crippen molar-refractivity contribution >= 4 is 21.5 Å². The molecular formula is C60H70. The van der Waals surface area contributed by atoms with E-state index in [2.05, 4.69) is 60.7 Å². The van der Waals surface area contributed by atoms with E-state index in [1.54, 1.807) is 80.6 Å². The Morgan fingerprint density at radius 2 is 0.467 bits per heavy atom. The molecule has 16 aliphatic rings. The Hall–Kier alpha value is -2.60. The van der Waals surface area contributed by atoms with Crippen molar-refractivity contribution in [1.29, 1.82) is 0 Å². The summed E-state index contributed by atoms with van der Waals surface area (Å²) in [6.07, 6.45) is 30.4. The standard InChI is InChI=1S/C60H70/c1-3-53-41(25-39(1)57-43-9-31-5-32(11-43)12-44(57)10-31)27-51(59-47-17-35-7-36(19-47)20-48(59)18-35)29-55(53)56-30-52(60-49-21-37-8-38(23-49)24-50(60)22-37)28-42-26-40(2-4-54(42)56)58-45-13-33-6-34(15-45)16-46(58)14-33/h1-4,25-38,43-50,57-60H,5-24H2. The van der Waals surface area contributed by atoms with Crippen LogP contribution in [0.4, 0.5) is 0 Å². The van der Waals surface area contributed by atoms with Crippen LogP contribution < -0.4 is 0 Å². The molecule has 0 unspecified atom stereocenters. The van der Waals surface area contributed by atoms with Crippen LogP contribution >= 0.6 is 0 Å². The third-order valence-corrected chi connectivity index (χ3v) is 22.7. The van der Waals surface area contributed by atoms with E-state index < -0.39 is 0 Å². The van der Waals surface area contributed by atoms with Gasteiger partial charge in [-0.05, 0) is 302 Å². The minimum Gasteiger partial charge on any atom is -0.0581 e. The molecule has 4 aromatic rings. The van der Waals surface area contributed by atoms with Gasteiger partial charge in [-0.25, -0.2) is 0 Å².